The molecule has 1 N–H and O–H groups in total. The maximum absolute atomic E-state index is 14.0. The molecule has 1 heterocycles. The first kappa shape index (κ1) is 16.1. The number of halogens is 2. The minimum atomic E-state index is -2.93. The Balaban J connectivity index is 2.62. The number of nitrogens with one attached hydrogen (secondary N) is 1. The molecule has 19 heavy (non-hydrogen) atoms. The van der Waals surface area contributed by atoms with Gasteiger partial charge in [0.05, 0.1) is 12.6 Å². The molecule has 0 aliphatic carbocycles. The van der Waals surface area contributed by atoms with Crippen molar-refractivity contribution in [2.45, 2.75) is 64.6 Å². The first-order chi connectivity index (χ1) is 8.51. The van der Waals surface area contributed by atoms with E-state index in [2.05, 4.69) is 5.32 Å². The summed E-state index contributed by atoms with van der Waals surface area (Å²) in [6.07, 6.45) is -0.445. The number of ether oxygens (including phenoxy) is 1. The van der Waals surface area contributed by atoms with Crippen molar-refractivity contribution in [2.75, 3.05) is 13.1 Å². The highest BCUT2D eigenvalue weighted by Crippen LogP contribution is 2.28. The van der Waals surface area contributed by atoms with Crippen molar-refractivity contribution in [3.05, 3.63) is 0 Å². The molecule has 1 unspecified atom stereocenters. The zero-order valence-corrected chi connectivity index (χ0v) is 12.3. The van der Waals surface area contributed by atoms with Crippen LogP contribution in [0.4, 0.5) is 13.6 Å². The second-order valence-electron chi connectivity index (χ2n) is 6.33. The first-order valence-corrected chi connectivity index (χ1v) is 6.63. The first-order valence-electron chi connectivity index (χ1n) is 6.63. The number of hydrogen-bond donors (Lipinski definition) is 1. The van der Waals surface area contributed by atoms with Crippen molar-refractivity contribution in [1.29, 1.82) is 0 Å². The van der Waals surface area contributed by atoms with Gasteiger partial charge in [0.1, 0.15) is 5.60 Å². The fraction of sp³-hybridized carbons (Fsp3) is 0.923. The Kier molecular flexibility index (Phi) is 4.76. The Hall–Kier alpha value is -0.910. The van der Waals surface area contributed by atoms with Crippen LogP contribution in [0.15, 0.2) is 0 Å². The van der Waals surface area contributed by atoms with Crippen LogP contribution < -0.4 is 5.32 Å². The number of piperidine rings is 1. The number of alkyl halides is 2. The van der Waals surface area contributed by atoms with E-state index in [1.165, 1.54) is 0 Å². The van der Waals surface area contributed by atoms with Gasteiger partial charge < -0.3 is 15.0 Å². The molecule has 1 amide bonds. The second kappa shape index (κ2) is 5.61. The van der Waals surface area contributed by atoms with Crippen molar-refractivity contribution >= 4 is 6.09 Å². The molecule has 0 saturated carbocycles. The monoisotopic (exact) mass is 278 g/mol. The third-order valence-corrected chi connectivity index (χ3v) is 2.79. The Morgan fingerprint density at radius 3 is 2.42 bits per heavy atom. The number of rotatable bonds is 2. The van der Waals surface area contributed by atoms with Gasteiger partial charge in [-0.1, -0.05) is 13.8 Å². The molecule has 0 aromatic carbocycles. The van der Waals surface area contributed by atoms with Crippen LogP contribution >= 0.6 is 0 Å². The Labute approximate surface area is 113 Å². The zero-order valence-electron chi connectivity index (χ0n) is 12.3. The number of carbonyl (C=O) groups excluding carboxylic acids is 1. The van der Waals surface area contributed by atoms with Crippen molar-refractivity contribution < 1.29 is 18.3 Å². The minimum Gasteiger partial charge on any atom is -0.444 e. The molecule has 4 nitrogen and oxygen atoms in total. The summed E-state index contributed by atoms with van der Waals surface area (Å²) in [6, 6.07) is -0.893. The Morgan fingerprint density at radius 2 is 2.00 bits per heavy atom. The number of nitrogens with zero attached hydrogens (tertiary/aromatic N) is 1. The minimum absolute atomic E-state index is 0.0102. The fourth-order valence-corrected chi connectivity index (χ4v) is 2.03. The number of hydrogen-bond acceptors (Lipinski definition) is 3. The molecular formula is C13H24F2N2O2. The van der Waals surface area contributed by atoms with Crippen LogP contribution in [-0.4, -0.2) is 47.7 Å². The summed E-state index contributed by atoms with van der Waals surface area (Å²) in [7, 11) is 0. The van der Waals surface area contributed by atoms with Crippen LogP contribution in [0.5, 0.6) is 0 Å². The lowest BCUT2D eigenvalue weighted by Crippen LogP contribution is -2.59. The molecule has 6 heteroatoms. The third-order valence-electron chi connectivity index (χ3n) is 2.79. The van der Waals surface area contributed by atoms with Crippen molar-refractivity contribution in [3.63, 3.8) is 0 Å². The molecule has 1 saturated heterocycles. The molecular weight excluding hydrogens is 254 g/mol. The van der Waals surface area contributed by atoms with E-state index < -0.39 is 30.2 Å². The quantitative estimate of drug-likeness (QED) is 0.844. The van der Waals surface area contributed by atoms with Crippen LogP contribution in [0.25, 0.3) is 0 Å². The van der Waals surface area contributed by atoms with Gasteiger partial charge in [-0.3, -0.25) is 0 Å². The average molecular weight is 278 g/mol. The maximum atomic E-state index is 14.0. The smallest absolute Gasteiger partial charge is 0.410 e. The van der Waals surface area contributed by atoms with Crippen LogP contribution in [0, 0.1) is 0 Å². The summed E-state index contributed by atoms with van der Waals surface area (Å²) in [5.41, 5.74) is -0.667. The molecule has 1 aliphatic heterocycles. The van der Waals surface area contributed by atoms with Gasteiger partial charge in [0.25, 0.3) is 5.92 Å². The molecule has 0 aromatic heterocycles. The molecule has 1 rings (SSSR count). The van der Waals surface area contributed by atoms with E-state index >= 15 is 0 Å². The summed E-state index contributed by atoms with van der Waals surface area (Å²) in [6.45, 7) is 8.51. The SMILES string of the molecule is CC(C)NC1CCN(C(=O)OC(C)(C)C)CC1(F)F. The van der Waals surface area contributed by atoms with E-state index in [4.69, 9.17) is 4.74 Å². The lowest BCUT2D eigenvalue weighted by molar-refractivity contribution is -0.0929. The molecule has 0 bridgehead atoms. The normalized spacial score (nSPS) is 23.6. The summed E-state index contributed by atoms with van der Waals surface area (Å²) in [5, 5.41) is 2.85. The molecule has 1 atom stereocenters. The van der Waals surface area contributed by atoms with Gasteiger partial charge in [0.15, 0.2) is 0 Å². The van der Waals surface area contributed by atoms with Gasteiger partial charge in [0.2, 0.25) is 0 Å². The van der Waals surface area contributed by atoms with E-state index in [-0.39, 0.29) is 19.0 Å². The van der Waals surface area contributed by atoms with E-state index in [1.807, 2.05) is 13.8 Å². The van der Waals surface area contributed by atoms with Gasteiger partial charge >= 0.3 is 6.09 Å². The molecule has 112 valence electrons. The predicted molar refractivity (Wildman–Crippen MR) is 69.4 cm³/mol. The average Bonchev–Trinajstić information content (AvgIpc) is 2.17. The predicted octanol–water partition coefficient (Wildman–Crippen LogP) is 2.63. The van der Waals surface area contributed by atoms with E-state index in [0.717, 1.165) is 4.90 Å². The highest BCUT2D eigenvalue weighted by molar-refractivity contribution is 5.68. The Bertz CT molecular complexity index is 327. The summed E-state index contributed by atoms with van der Waals surface area (Å²) in [5.74, 6) is -2.93. The molecule has 1 aliphatic rings. The largest absolute Gasteiger partial charge is 0.444 e. The van der Waals surface area contributed by atoms with Crippen LogP contribution in [-0.2, 0) is 4.74 Å². The zero-order chi connectivity index (χ0) is 14.8. The van der Waals surface area contributed by atoms with Crippen LogP contribution in [0.1, 0.15) is 41.0 Å². The van der Waals surface area contributed by atoms with E-state index in [0.29, 0.717) is 0 Å². The topological polar surface area (TPSA) is 41.6 Å². The highest BCUT2D eigenvalue weighted by Gasteiger charge is 2.46. The van der Waals surface area contributed by atoms with Crippen molar-refractivity contribution in [1.82, 2.24) is 10.2 Å². The molecule has 0 radical (unpaired) electrons. The van der Waals surface area contributed by atoms with Gasteiger partial charge in [-0.25, -0.2) is 13.6 Å². The second-order valence-corrected chi connectivity index (χ2v) is 6.33. The third kappa shape index (κ3) is 4.93. The lowest BCUT2D eigenvalue weighted by Gasteiger charge is -2.39. The van der Waals surface area contributed by atoms with E-state index in [9.17, 15) is 13.6 Å². The maximum Gasteiger partial charge on any atom is 0.410 e. The van der Waals surface area contributed by atoms with E-state index in [1.54, 1.807) is 20.8 Å². The fourth-order valence-electron chi connectivity index (χ4n) is 2.03. The number of carbonyl (C=O) groups is 1. The Morgan fingerprint density at radius 1 is 1.42 bits per heavy atom. The summed E-state index contributed by atoms with van der Waals surface area (Å²) in [4.78, 5) is 12.9. The number of amides is 1. The van der Waals surface area contributed by atoms with Crippen LogP contribution in [0.2, 0.25) is 0 Å². The molecule has 0 spiro atoms. The molecule has 0 aromatic rings. The highest BCUT2D eigenvalue weighted by atomic mass is 19.3. The number of likely N-dealkylation sites (tertiary alicyclic amines) is 1. The van der Waals surface area contributed by atoms with Gasteiger partial charge in [-0.05, 0) is 27.2 Å². The van der Waals surface area contributed by atoms with Gasteiger partial charge in [-0.2, -0.15) is 0 Å². The summed E-state index contributed by atoms with van der Waals surface area (Å²) >= 11 is 0. The van der Waals surface area contributed by atoms with Crippen molar-refractivity contribution in [2.24, 2.45) is 0 Å². The summed E-state index contributed by atoms with van der Waals surface area (Å²) < 4.78 is 33.0. The lowest BCUT2D eigenvalue weighted by atomic mass is 10.0. The van der Waals surface area contributed by atoms with Gasteiger partial charge in [0, 0.05) is 12.6 Å². The van der Waals surface area contributed by atoms with Crippen LogP contribution in [0.3, 0.4) is 0 Å². The van der Waals surface area contributed by atoms with Crippen molar-refractivity contribution in [3.8, 4) is 0 Å². The standard InChI is InChI=1S/C13H24F2N2O2/c1-9(2)16-10-6-7-17(8-13(10,14)15)11(18)19-12(3,4)5/h9-10,16H,6-8H2,1-5H3. The molecule has 1 fully saturated rings. The van der Waals surface area contributed by atoms with Gasteiger partial charge in [-0.15, -0.1) is 0 Å².